The molecule has 1 atom stereocenters. The Bertz CT molecular complexity index is 967. The van der Waals surface area contributed by atoms with Crippen LogP contribution in [0.3, 0.4) is 0 Å². The first-order valence-corrected chi connectivity index (χ1v) is 10.4. The van der Waals surface area contributed by atoms with E-state index in [0.29, 0.717) is 18.6 Å². The van der Waals surface area contributed by atoms with Gasteiger partial charge in [-0.05, 0) is 71.1 Å². The Morgan fingerprint density at radius 2 is 1.97 bits per heavy atom. The highest BCUT2D eigenvalue weighted by Crippen LogP contribution is 2.45. The standard InChI is InChI=1S/C25H30O4/c1-15(2)5-7-19-21(26)9-8-18(23(19)27)17-13-16-6-10-22-20(24(16)28-14-17)11-12-25(3,4)29-22/h5-6,8-10,17,26-27H,7,11-14H2,1-4H3. The maximum Gasteiger partial charge on any atom is 0.129 e. The molecule has 0 saturated heterocycles. The van der Waals surface area contributed by atoms with E-state index >= 15 is 0 Å². The second kappa shape index (κ2) is 7.33. The van der Waals surface area contributed by atoms with Crippen molar-refractivity contribution in [2.24, 2.45) is 0 Å². The van der Waals surface area contributed by atoms with Crippen molar-refractivity contribution in [3.8, 4) is 23.0 Å². The first-order valence-electron chi connectivity index (χ1n) is 10.4. The number of aromatic hydroxyl groups is 2. The lowest BCUT2D eigenvalue weighted by molar-refractivity contribution is 0.0826. The predicted molar refractivity (Wildman–Crippen MR) is 114 cm³/mol. The van der Waals surface area contributed by atoms with Crippen molar-refractivity contribution in [1.82, 2.24) is 0 Å². The minimum atomic E-state index is -0.141. The Balaban J connectivity index is 1.63. The average Bonchev–Trinajstić information content (AvgIpc) is 2.66. The summed E-state index contributed by atoms with van der Waals surface area (Å²) < 4.78 is 12.4. The third-order valence-electron chi connectivity index (χ3n) is 6.00. The molecule has 0 spiro atoms. The van der Waals surface area contributed by atoms with E-state index in [1.165, 1.54) is 5.56 Å². The fraction of sp³-hybridized carbons (Fsp3) is 0.440. The largest absolute Gasteiger partial charge is 0.508 e. The molecule has 29 heavy (non-hydrogen) atoms. The minimum Gasteiger partial charge on any atom is -0.508 e. The molecular weight excluding hydrogens is 364 g/mol. The molecule has 0 bridgehead atoms. The molecule has 1 unspecified atom stereocenters. The van der Waals surface area contributed by atoms with E-state index in [9.17, 15) is 10.2 Å². The van der Waals surface area contributed by atoms with Crippen LogP contribution in [0.5, 0.6) is 23.0 Å². The summed E-state index contributed by atoms with van der Waals surface area (Å²) in [6.07, 6.45) is 5.24. The summed E-state index contributed by atoms with van der Waals surface area (Å²) >= 11 is 0. The molecule has 0 radical (unpaired) electrons. The minimum absolute atomic E-state index is 0.0487. The van der Waals surface area contributed by atoms with Crippen LogP contribution >= 0.6 is 0 Å². The number of fused-ring (bicyclic) bond motifs is 3. The number of rotatable bonds is 3. The van der Waals surface area contributed by atoms with E-state index < -0.39 is 0 Å². The Labute approximate surface area is 172 Å². The van der Waals surface area contributed by atoms with Gasteiger partial charge in [0.25, 0.3) is 0 Å². The van der Waals surface area contributed by atoms with Crippen molar-refractivity contribution in [3.63, 3.8) is 0 Å². The first-order chi connectivity index (χ1) is 13.7. The molecule has 0 aliphatic carbocycles. The number of ether oxygens (including phenoxy) is 2. The molecule has 2 aliphatic rings. The Morgan fingerprint density at radius 1 is 1.17 bits per heavy atom. The summed E-state index contributed by atoms with van der Waals surface area (Å²) in [5, 5.41) is 21.1. The third kappa shape index (κ3) is 3.81. The summed E-state index contributed by atoms with van der Waals surface area (Å²) in [6.45, 7) is 8.76. The van der Waals surface area contributed by atoms with Crippen LogP contribution in [-0.4, -0.2) is 22.4 Å². The monoisotopic (exact) mass is 394 g/mol. The lowest BCUT2D eigenvalue weighted by Gasteiger charge is -2.36. The van der Waals surface area contributed by atoms with Crippen molar-refractivity contribution in [1.29, 1.82) is 0 Å². The SMILES string of the molecule is CC(C)=CCc1c(O)ccc(C2COc3c(ccc4c3CCC(C)(C)O4)C2)c1O. The zero-order valence-corrected chi connectivity index (χ0v) is 17.7. The normalized spacial score (nSPS) is 19.4. The van der Waals surface area contributed by atoms with Gasteiger partial charge in [0.05, 0.1) is 6.61 Å². The maximum absolute atomic E-state index is 10.9. The average molecular weight is 395 g/mol. The van der Waals surface area contributed by atoms with Crippen LogP contribution in [0.2, 0.25) is 0 Å². The van der Waals surface area contributed by atoms with E-state index in [4.69, 9.17) is 9.47 Å². The van der Waals surface area contributed by atoms with Gasteiger partial charge in [-0.1, -0.05) is 23.8 Å². The molecule has 2 aromatic carbocycles. The van der Waals surface area contributed by atoms with Crippen LogP contribution in [-0.2, 0) is 19.3 Å². The second-order valence-electron chi connectivity index (χ2n) is 9.09. The Hall–Kier alpha value is -2.62. The summed E-state index contributed by atoms with van der Waals surface area (Å²) in [4.78, 5) is 0. The van der Waals surface area contributed by atoms with Gasteiger partial charge in [-0.15, -0.1) is 0 Å². The van der Waals surface area contributed by atoms with Gasteiger partial charge in [-0.2, -0.15) is 0 Å². The first kappa shape index (κ1) is 19.7. The van der Waals surface area contributed by atoms with Crippen molar-refractivity contribution in [3.05, 3.63) is 58.2 Å². The van der Waals surface area contributed by atoms with Crippen LogP contribution in [0.25, 0.3) is 0 Å². The molecule has 0 amide bonds. The molecule has 154 valence electrons. The van der Waals surface area contributed by atoms with Crippen LogP contribution in [0.1, 0.15) is 62.3 Å². The number of hydrogen-bond donors (Lipinski definition) is 2. The maximum atomic E-state index is 10.9. The third-order valence-corrected chi connectivity index (χ3v) is 6.00. The molecule has 2 aromatic rings. The molecule has 4 nitrogen and oxygen atoms in total. The molecule has 0 saturated carbocycles. The number of allylic oxidation sites excluding steroid dienone is 2. The van der Waals surface area contributed by atoms with E-state index in [-0.39, 0.29) is 23.0 Å². The summed E-state index contributed by atoms with van der Waals surface area (Å²) in [6, 6.07) is 7.64. The zero-order valence-electron chi connectivity index (χ0n) is 17.7. The topological polar surface area (TPSA) is 58.9 Å². The van der Waals surface area contributed by atoms with Crippen molar-refractivity contribution in [2.45, 2.75) is 64.9 Å². The fourth-order valence-corrected chi connectivity index (χ4v) is 4.29. The molecule has 2 aliphatic heterocycles. The Kier molecular flexibility index (Phi) is 4.97. The van der Waals surface area contributed by atoms with Gasteiger partial charge in [0, 0.05) is 22.6 Å². The summed E-state index contributed by atoms with van der Waals surface area (Å²) in [5.41, 5.74) is 4.74. The highest BCUT2D eigenvalue weighted by atomic mass is 16.5. The van der Waals surface area contributed by atoms with Crippen LogP contribution < -0.4 is 9.47 Å². The van der Waals surface area contributed by atoms with Crippen molar-refractivity contribution >= 4 is 0 Å². The van der Waals surface area contributed by atoms with Gasteiger partial charge in [-0.25, -0.2) is 0 Å². The molecule has 2 N–H and O–H groups in total. The smallest absolute Gasteiger partial charge is 0.129 e. The number of hydrogen-bond acceptors (Lipinski definition) is 4. The number of phenols is 2. The van der Waals surface area contributed by atoms with Crippen LogP contribution in [0.4, 0.5) is 0 Å². The molecular formula is C25H30O4. The van der Waals surface area contributed by atoms with E-state index in [2.05, 4.69) is 26.0 Å². The lowest BCUT2D eigenvalue weighted by Crippen LogP contribution is -2.33. The quantitative estimate of drug-likeness (QED) is 0.682. The van der Waals surface area contributed by atoms with Gasteiger partial charge < -0.3 is 19.7 Å². The van der Waals surface area contributed by atoms with E-state index in [1.54, 1.807) is 6.07 Å². The van der Waals surface area contributed by atoms with Crippen LogP contribution in [0.15, 0.2) is 35.9 Å². The molecule has 0 fully saturated rings. The van der Waals surface area contributed by atoms with Crippen molar-refractivity contribution in [2.75, 3.05) is 6.61 Å². The molecule has 0 aromatic heterocycles. The molecule has 4 rings (SSSR count). The Morgan fingerprint density at radius 3 is 2.72 bits per heavy atom. The van der Waals surface area contributed by atoms with E-state index in [1.807, 2.05) is 26.0 Å². The summed E-state index contributed by atoms with van der Waals surface area (Å²) in [5.74, 6) is 2.25. The van der Waals surface area contributed by atoms with Gasteiger partial charge in [-0.3, -0.25) is 0 Å². The van der Waals surface area contributed by atoms with E-state index in [0.717, 1.165) is 47.5 Å². The van der Waals surface area contributed by atoms with Crippen LogP contribution in [0, 0.1) is 0 Å². The molecule has 2 heterocycles. The number of phenolic OH excluding ortho intramolecular Hbond substituents is 2. The highest BCUT2D eigenvalue weighted by molar-refractivity contribution is 5.55. The fourth-order valence-electron chi connectivity index (χ4n) is 4.29. The number of benzene rings is 2. The zero-order chi connectivity index (χ0) is 20.8. The highest BCUT2D eigenvalue weighted by Gasteiger charge is 2.33. The van der Waals surface area contributed by atoms with Gasteiger partial charge >= 0.3 is 0 Å². The second-order valence-corrected chi connectivity index (χ2v) is 9.09. The van der Waals surface area contributed by atoms with Gasteiger partial charge in [0.2, 0.25) is 0 Å². The van der Waals surface area contributed by atoms with Gasteiger partial charge in [0.15, 0.2) is 0 Å². The predicted octanol–water partition coefficient (Wildman–Crippen LogP) is 5.43. The molecule has 4 heteroatoms. The van der Waals surface area contributed by atoms with Crippen molar-refractivity contribution < 1.29 is 19.7 Å². The summed E-state index contributed by atoms with van der Waals surface area (Å²) in [7, 11) is 0. The van der Waals surface area contributed by atoms with Gasteiger partial charge in [0.1, 0.15) is 28.6 Å². The lowest BCUT2D eigenvalue weighted by atomic mass is 9.85.